The molecule has 0 aromatic heterocycles. The predicted molar refractivity (Wildman–Crippen MR) is 109 cm³/mol. The first-order valence-corrected chi connectivity index (χ1v) is 11.3. The van der Waals surface area contributed by atoms with E-state index in [0.29, 0.717) is 0 Å². The maximum atomic E-state index is 17.1. The Hall–Kier alpha value is -1.48. The SMILES string of the molecule is CC1(C)O[C@@H]2C[C@H]3[C@@H]4C[C@H](F)C5=CC(=O)C=C[C@]5(C)[C@@]4(F)[C@@H](O)C[C@]3(C)C2(C(=O)CO)O1. The number of ketones is 2. The molecule has 5 aliphatic rings. The fourth-order valence-electron chi connectivity index (χ4n) is 7.92. The van der Waals surface area contributed by atoms with Gasteiger partial charge in [-0.1, -0.05) is 13.0 Å². The zero-order chi connectivity index (χ0) is 23.5. The van der Waals surface area contributed by atoms with Crippen molar-refractivity contribution in [1.29, 1.82) is 0 Å². The van der Waals surface area contributed by atoms with Gasteiger partial charge in [-0.2, -0.15) is 0 Å². The average molecular weight is 452 g/mol. The summed E-state index contributed by atoms with van der Waals surface area (Å²) in [7, 11) is 0. The molecule has 1 heterocycles. The fraction of sp³-hybridized carbons (Fsp3) is 0.750. The van der Waals surface area contributed by atoms with Gasteiger partial charge in [0, 0.05) is 16.7 Å². The zero-order valence-electron chi connectivity index (χ0n) is 18.7. The largest absolute Gasteiger partial charge is 0.390 e. The molecule has 8 heteroatoms. The summed E-state index contributed by atoms with van der Waals surface area (Å²) >= 11 is 0. The van der Waals surface area contributed by atoms with Crippen LogP contribution in [0.4, 0.5) is 8.78 Å². The summed E-state index contributed by atoms with van der Waals surface area (Å²) in [5.41, 5.74) is -6.30. The van der Waals surface area contributed by atoms with E-state index in [1.807, 2.05) is 0 Å². The van der Waals surface area contributed by atoms with E-state index in [2.05, 4.69) is 0 Å². The van der Waals surface area contributed by atoms with Crippen LogP contribution in [0.25, 0.3) is 0 Å². The Morgan fingerprint density at radius 2 is 1.91 bits per heavy atom. The molecule has 0 spiro atoms. The van der Waals surface area contributed by atoms with E-state index >= 15 is 8.78 Å². The van der Waals surface area contributed by atoms with E-state index in [0.717, 1.165) is 6.08 Å². The van der Waals surface area contributed by atoms with Crippen LogP contribution < -0.4 is 0 Å². The molecule has 4 aliphatic carbocycles. The Labute approximate surface area is 185 Å². The normalized spacial score (nSPS) is 53.2. The van der Waals surface area contributed by atoms with Crippen LogP contribution >= 0.6 is 0 Å². The molecule has 0 amide bonds. The maximum Gasteiger partial charge on any atom is 0.193 e. The van der Waals surface area contributed by atoms with Gasteiger partial charge in [0.2, 0.25) is 0 Å². The lowest BCUT2D eigenvalue weighted by molar-refractivity contribution is -0.248. The van der Waals surface area contributed by atoms with Crippen molar-refractivity contribution in [2.45, 2.75) is 82.4 Å². The molecule has 6 nitrogen and oxygen atoms in total. The van der Waals surface area contributed by atoms with Crippen LogP contribution in [0.3, 0.4) is 0 Å². The van der Waals surface area contributed by atoms with Crippen molar-refractivity contribution in [2.24, 2.45) is 22.7 Å². The summed E-state index contributed by atoms with van der Waals surface area (Å²) in [5.74, 6) is -3.53. The van der Waals surface area contributed by atoms with E-state index in [4.69, 9.17) is 9.47 Å². The average Bonchev–Trinajstić information content (AvgIpc) is 3.11. The third-order valence-corrected chi connectivity index (χ3v) is 9.18. The van der Waals surface area contributed by atoms with Crippen molar-refractivity contribution in [3.8, 4) is 0 Å². The second kappa shape index (κ2) is 6.34. The van der Waals surface area contributed by atoms with Crippen LogP contribution in [-0.4, -0.2) is 63.8 Å². The smallest absolute Gasteiger partial charge is 0.193 e. The summed E-state index contributed by atoms with van der Waals surface area (Å²) < 4.78 is 44.8. The topological polar surface area (TPSA) is 93.1 Å². The van der Waals surface area contributed by atoms with Gasteiger partial charge in [0.15, 0.2) is 28.6 Å². The number of carbonyl (C=O) groups excluding carboxylic acids is 2. The minimum Gasteiger partial charge on any atom is -0.390 e. The molecule has 0 bridgehead atoms. The fourth-order valence-corrected chi connectivity index (χ4v) is 7.92. The Morgan fingerprint density at radius 3 is 2.56 bits per heavy atom. The number of Topliss-reactive ketones (excluding diaryl/α,β-unsaturated/α-hetero) is 1. The third-order valence-electron chi connectivity index (χ3n) is 9.18. The van der Waals surface area contributed by atoms with Crippen molar-refractivity contribution in [2.75, 3.05) is 6.61 Å². The Morgan fingerprint density at radius 1 is 1.22 bits per heavy atom. The molecule has 0 aromatic carbocycles. The first-order valence-electron chi connectivity index (χ1n) is 11.3. The molecule has 9 atom stereocenters. The lowest BCUT2D eigenvalue weighted by atomic mass is 9.44. The maximum absolute atomic E-state index is 17.1. The minimum absolute atomic E-state index is 0.0550. The van der Waals surface area contributed by atoms with Crippen molar-refractivity contribution >= 4 is 11.6 Å². The van der Waals surface area contributed by atoms with Crippen molar-refractivity contribution in [3.63, 3.8) is 0 Å². The van der Waals surface area contributed by atoms with E-state index < -0.39 is 76.3 Å². The molecule has 4 fully saturated rings. The van der Waals surface area contributed by atoms with Gasteiger partial charge in [0.05, 0.1) is 12.2 Å². The summed E-state index contributed by atoms with van der Waals surface area (Å²) in [6.07, 6.45) is -0.151. The van der Waals surface area contributed by atoms with Gasteiger partial charge in [-0.15, -0.1) is 0 Å². The summed E-state index contributed by atoms with van der Waals surface area (Å²) in [6.45, 7) is 5.87. The molecule has 5 rings (SSSR count). The highest BCUT2D eigenvalue weighted by Gasteiger charge is 2.80. The molecule has 3 saturated carbocycles. The summed E-state index contributed by atoms with van der Waals surface area (Å²) in [4.78, 5) is 25.1. The van der Waals surface area contributed by atoms with Crippen LogP contribution in [0, 0.1) is 22.7 Å². The molecule has 2 N–H and O–H groups in total. The van der Waals surface area contributed by atoms with Gasteiger partial charge in [-0.25, -0.2) is 8.78 Å². The van der Waals surface area contributed by atoms with E-state index in [1.54, 1.807) is 20.8 Å². The number of halogens is 2. The molecular formula is C24H30F2O6. The second-order valence-corrected chi connectivity index (χ2v) is 11.0. The second-order valence-electron chi connectivity index (χ2n) is 11.0. The molecule has 0 aromatic rings. The van der Waals surface area contributed by atoms with Crippen LogP contribution in [0.2, 0.25) is 0 Å². The quantitative estimate of drug-likeness (QED) is 0.668. The number of carbonyl (C=O) groups is 2. The zero-order valence-corrected chi connectivity index (χ0v) is 18.7. The first kappa shape index (κ1) is 22.3. The molecule has 1 aliphatic heterocycles. The van der Waals surface area contributed by atoms with Crippen LogP contribution in [0.1, 0.15) is 47.0 Å². The Bertz CT molecular complexity index is 960. The van der Waals surface area contributed by atoms with E-state index in [9.17, 15) is 19.8 Å². The van der Waals surface area contributed by atoms with Gasteiger partial charge >= 0.3 is 0 Å². The Kier molecular flexibility index (Phi) is 4.42. The Balaban J connectivity index is 1.66. The number of hydrogen-bond acceptors (Lipinski definition) is 6. The van der Waals surface area contributed by atoms with Gasteiger partial charge in [0.1, 0.15) is 12.8 Å². The van der Waals surface area contributed by atoms with Crippen LogP contribution in [0.15, 0.2) is 23.8 Å². The number of fused-ring (bicyclic) bond motifs is 7. The molecule has 176 valence electrons. The van der Waals surface area contributed by atoms with Gasteiger partial charge in [-0.05, 0) is 63.7 Å². The number of aliphatic hydroxyl groups excluding tert-OH is 2. The predicted octanol–water partition coefficient (Wildman–Crippen LogP) is 2.37. The van der Waals surface area contributed by atoms with Crippen LogP contribution in [-0.2, 0) is 19.1 Å². The first-order chi connectivity index (χ1) is 14.8. The van der Waals surface area contributed by atoms with Gasteiger partial charge in [-0.3, -0.25) is 9.59 Å². The van der Waals surface area contributed by atoms with E-state index in [1.165, 1.54) is 19.1 Å². The summed E-state index contributed by atoms with van der Waals surface area (Å²) in [6, 6.07) is 0. The highest BCUT2D eigenvalue weighted by Crippen LogP contribution is 2.72. The van der Waals surface area contributed by atoms with Crippen molar-refractivity contribution in [3.05, 3.63) is 23.8 Å². The highest BCUT2D eigenvalue weighted by molar-refractivity contribution is 6.01. The highest BCUT2D eigenvalue weighted by atomic mass is 19.1. The van der Waals surface area contributed by atoms with Crippen LogP contribution in [0.5, 0.6) is 0 Å². The molecule has 1 saturated heterocycles. The summed E-state index contributed by atoms with van der Waals surface area (Å²) in [5, 5.41) is 21.1. The number of rotatable bonds is 2. The van der Waals surface area contributed by atoms with Gasteiger partial charge < -0.3 is 19.7 Å². The minimum atomic E-state index is -2.24. The number of aliphatic hydroxyl groups is 2. The number of ether oxygens (including phenoxy) is 2. The lowest BCUT2D eigenvalue weighted by Gasteiger charge is -2.63. The third kappa shape index (κ3) is 2.32. The molecule has 1 unspecified atom stereocenters. The molecule has 32 heavy (non-hydrogen) atoms. The van der Waals surface area contributed by atoms with Crippen molar-refractivity contribution in [1.82, 2.24) is 0 Å². The monoisotopic (exact) mass is 452 g/mol. The number of allylic oxidation sites excluding steroid dienone is 4. The van der Waals surface area contributed by atoms with Crippen molar-refractivity contribution < 1.29 is 38.1 Å². The number of alkyl halides is 2. The lowest BCUT2D eigenvalue weighted by Crippen LogP contribution is -2.71. The van der Waals surface area contributed by atoms with E-state index in [-0.39, 0.29) is 24.8 Å². The molecular weight excluding hydrogens is 422 g/mol. The van der Waals surface area contributed by atoms with Gasteiger partial charge in [0.25, 0.3) is 0 Å². The molecule has 0 radical (unpaired) electrons. The number of hydrogen-bond donors (Lipinski definition) is 2. The standard InChI is InChI=1S/C24H30F2O6/c1-20(2)31-19-9-13-14-8-16(25)15-7-12(28)5-6-21(15,3)23(14,26)17(29)10-22(13,4)24(19,32-20)18(30)11-27/h5-7,13-14,16-17,19,27,29H,8-11H2,1-4H3/t13-,14-,16-,17-,19+,21-,22-,23-,24?/m0/s1.